The molecule has 0 radical (unpaired) electrons. The summed E-state index contributed by atoms with van der Waals surface area (Å²) in [7, 11) is -1.31. The van der Waals surface area contributed by atoms with Crippen molar-refractivity contribution in [1.82, 2.24) is 0 Å². The lowest BCUT2D eigenvalue weighted by Crippen LogP contribution is -2.33. The van der Waals surface area contributed by atoms with E-state index in [1.807, 2.05) is 12.5 Å². The third-order valence-electron chi connectivity index (χ3n) is 2.22. The van der Waals surface area contributed by atoms with Crippen LogP contribution in [0.15, 0.2) is 17.4 Å². The molecule has 1 aliphatic heterocycles. The summed E-state index contributed by atoms with van der Waals surface area (Å²) in [6.07, 6.45) is 5.92. The summed E-state index contributed by atoms with van der Waals surface area (Å²) in [5, 5.41) is 0. The normalized spacial score (nSPS) is 26.1. The van der Waals surface area contributed by atoms with Gasteiger partial charge in [-0.2, -0.15) is 0 Å². The van der Waals surface area contributed by atoms with Crippen LogP contribution < -0.4 is 4.89 Å². The Morgan fingerprint density at radius 2 is 2.06 bits per heavy atom. The molecule has 0 aromatic rings. The summed E-state index contributed by atoms with van der Waals surface area (Å²) in [5.41, 5.74) is 0. The fraction of sp³-hybridized carbons (Fsp3) is 0.700. The van der Waals surface area contributed by atoms with Crippen molar-refractivity contribution in [2.45, 2.75) is 20.8 Å². The Labute approximate surface area is 97.6 Å². The quantitative estimate of drug-likeness (QED) is 0.560. The molecule has 0 aliphatic carbocycles. The van der Waals surface area contributed by atoms with Crippen LogP contribution in [0, 0.1) is 0 Å². The Morgan fingerprint density at radius 3 is 2.25 bits per heavy atom. The van der Waals surface area contributed by atoms with Crippen LogP contribution in [0.2, 0.25) is 0 Å². The van der Waals surface area contributed by atoms with E-state index in [2.05, 4.69) is 29.7 Å². The van der Waals surface area contributed by atoms with Crippen molar-refractivity contribution >= 4 is 13.9 Å². The largest absolute Gasteiger partial charge is 0.779 e. The fourth-order valence-electron chi connectivity index (χ4n) is 0.895. The second-order valence-corrected chi connectivity index (χ2v) is 5.68. The van der Waals surface area contributed by atoms with E-state index >= 15 is 0 Å². The molecule has 0 saturated heterocycles. The van der Waals surface area contributed by atoms with E-state index in [0.717, 1.165) is 11.0 Å². The van der Waals surface area contributed by atoms with Crippen molar-refractivity contribution in [2.24, 2.45) is 4.99 Å². The lowest BCUT2D eigenvalue weighted by Gasteiger charge is -2.19. The van der Waals surface area contributed by atoms with Gasteiger partial charge in [0.1, 0.15) is 13.8 Å². The molecule has 2 unspecified atom stereocenters. The maximum Gasteiger partial charge on any atom is 0.194 e. The molecule has 1 heterocycles. The lowest BCUT2D eigenvalue weighted by atomic mass is 10.5. The van der Waals surface area contributed by atoms with Gasteiger partial charge < -0.3 is 14.0 Å². The third kappa shape index (κ3) is 6.18. The molecule has 1 aliphatic rings. The van der Waals surface area contributed by atoms with Crippen LogP contribution in [0.1, 0.15) is 20.8 Å². The van der Waals surface area contributed by atoms with Crippen LogP contribution in [0.4, 0.5) is 0 Å². The summed E-state index contributed by atoms with van der Waals surface area (Å²) in [5.74, 6) is 0. The Hall–Kier alpha value is -0.480. The van der Waals surface area contributed by atoms with E-state index in [-0.39, 0.29) is 12.8 Å². The smallest absolute Gasteiger partial charge is 0.194 e. The van der Waals surface area contributed by atoms with E-state index in [0.29, 0.717) is 0 Å². The number of rotatable bonds is 4. The Kier molecular flexibility index (Phi) is 6.76. The van der Waals surface area contributed by atoms with Crippen molar-refractivity contribution < 1.29 is 18.5 Å². The van der Waals surface area contributed by atoms with Crippen LogP contribution >= 0.6 is 7.60 Å². The maximum atomic E-state index is 10.4. The molecular formula is C10H21N2O3P. The topological polar surface area (TPSA) is 61.7 Å². The molecule has 5 nitrogen and oxygen atoms in total. The third-order valence-corrected chi connectivity index (χ3v) is 3.64. The fourth-order valence-corrected chi connectivity index (χ4v) is 1.47. The molecule has 0 aromatic heterocycles. The molecule has 94 valence electrons. The average molecular weight is 248 g/mol. The van der Waals surface area contributed by atoms with Crippen molar-refractivity contribution in [3.8, 4) is 0 Å². The first kappa shape index (κ1) is 15.5. The highest BCUT2D eigenvalue weighted by Crippen LogP contribution is 2.35. The maximum absolute atomic E-state index is 10.4. The monoisotopic (exact) mass is 248 g/mol. The zero-order chi connectivity index (χ0) is 12.7. The molecule has 0 amide bonds. The molecule has 0 aromatic carbocycles. The SMILES string of the molecule is CCOP(=O)([O-])CC.CC[N+]1(C)C=CN=C1. The van der Waals surface area contributed by atoms with Crippen LogP contribution in [0.3, 0.4) is 0 Å². The van der Waals surface area contributed by atoms with Crippen molar-refractivity contribution in [3.05, 3.63) is 12.4 Å². The van der Waals surface area contributed by atoms with Gasteiger partial charge in [-0.3, -0.25) is 4.48 Å². The van der Waals surface area contributed by atoms with E-state index in [1.165, 1.54) is 0 Å². The van der Waals surface area contributed by atoms with Gasteiger partial charge in [-0.1, -0.05) is 6.92 Å². The van der Waals surface area contributed by atoms with Crippen LogP contribution in [0.25, 0.3) is 0 Å². The number of hydrogen-bond donors (Lipinski definition) is 0. The minimum Gasteiger partial charge on any atom is -0.779 e. The molecule has 2 atom stereocenters. The minimum absolute atomic E-state index is 0.0842. The van der Waals surface area contributed by atoms with Gasteiger partial charge in [-0.15, -0.1) is 0 Å². The molecular weight excluding hydrogens is 227 g/mol. The number of quaternary nitrogens is 1. The van der Waals surface area contributed by atoms with Crippen molar-refractivity contribution in [1.29, 1.82) is 0 Å². The second kappa shape index (κ2) is 6.97. The van der Waals surface area contributed by atoms with E-state index in [4.69, 9.17) is 0 Å². The van der Waals surface area contributed by atoms with Gasteiger partial charge in [0.2, 0.25) is 0 Å². The first-order valence-corrected chi connectivity index (χ1v) is 7.13. The van der Waals surface area contributed by atoms with Gasteiger partial charge in [0, 0.05) is 6.16 Å². The van der Waals surface area contributed by atoms with Crippen molar-refractivity contribution in [3.63, 3.8) is 0 Å². The summed E-state index contributed by atoms with van der Waals surface area (Å²) in [6.45, 7) is 6.68. The summed E-state index contributed by atoms with van der Waals surface area (Å²) in [4.78, 5) is 14.4. The predicted octanol–water partition coefficient (Wildman–Crippen LogP) is 1.56. The van der Waals surface area contributed by atoms with E-state index in [1.54, 1.807) is 13.8 Å². The molecule has 6 heteroatoms. The molecule has 0 saturated carbocycles. The van der Waals surface area contributed by atoms with Crippen LogP contribution in [0.5, 0.6) is 0 Å². The van der Waals surface area contributed by atoms with Gasteiger partial charge >= 0.3 is 0 Å². The molecule has 1 rings (SSSR count). The molecule has 0 bridgehead atoms. The first-order chi connectivity index (χ1) is 7.39. The minimum atomic E-state index is -3.42. The molecule has 0 fully saturated rings. The number of hydrogen-bond acceptors (Lipinski definition) is 4. The second-order valence-electron chi connectivity index (χ2n) is 3.57. The zero-order valence-electron chi connectivity index (χ0n) is 10.4. The summed E-state index contributed by atoms with van der Waals surface area (Å²) < 4.78 is 15.6. The molecule has 0 N–H and O–H groups in total. The molecule has 0 spiro atoms. The predicted molar refractivity (Wildman–Crippen MR) is 64.1 cm³/mol. The summed E-state index contributed by atoms with van der Waals surface area (Å²) in [6, 6.07) is 0. The molecule has 16 heavy (non-hydrogen) atoms. The van der Waals surface area contributed by atoms with Crippen LogP contribution in [-0.2, 0) is 9.09 Å². The Bertz CT molecular complexity index is 290. The highest BCUT2D eigenvalue weighted by Gasteiger charge is 2.14. The number of aliphatic imine (C=N–C) groups is 1. The van der Waals surface area contributed by atoms with Gasteiger partial charge in [0.05, 0.1) is 26.4 Å². The standard InChI is InChI=1S/C6H11N2.C4H11O3P/c1-3-8(2)5-4-7-6-8;1-3-7-8(5,6)4-2/h4-6H,3H2,1-2H3;3-4H2,1-2H3,(H,5,6)/q+1;/p-1. The lowest BCUT2D eigenvalue weighted by molar-refractivity contribution is -0.753. The highest BCUT2D eigenvalue weighted by atomic mass is 31.2. The van der Waals surface area contributed by atoms with Crippen LogP contribution in [-0.4, -0.2) is 37.2 Å². The average Bonchev–Trinajstić information content (AvgIpc) is 2.67. The summed E-state index contributed by atoms with van der Waals surface area (Å²) >= 11 is 0. The van der Waals surface area contributed by atoms with E-state index < -0.39 is 7.60 Å². The Balaban J connectivity index is 0.000000281. The number of nitrogens with zero attached hydrogens (tertiary/aromatic N) is 2. The van der Waals surface area contributed by atoms with Gasteiger partial charge in [0.15, 0.2) is 6.34 Å². The van der Waals surface area contributed by atoms with E-state index in [9.17, 15) is 9.46 Å². The highest BCUT2D eigenvalue weighted by molar-refractivity contribution is 7.51. The van der Waals surface area contributed by atoms with Gasteiger partial charge in [0.25, 0.3) is 0 Å². The zero-order valence-corrected chi connectivity index (χ0v) is 11.3. The van der Waals surface area contributed by atoms with Gasteiger partial charge in [-0.05, 0) is 13.8 Å². The first-order valence-electron chi connectivity index (χ1n) is 5.40. The Morgan fingerprint density at radius 1 is 1.44 bits per heavy atom. The van der Waals surface area contributed by atoms with Gasteiger partial charge in [-0.25, -0.2) is 4.99 Å². The van der Waals surface area contributed by atoms with Crippen molar-refractivity contribution in [2.75, 3.05) is 26.4 Å².